The van der Waals surface area contributed by atoms with Gasteiger partial charge in [0.1, 0.15) is 0 Å². The molecule has 2 rings (SSSR count). The summed E-state index contributed by atoms with van der Waals surface area (Å²) >= 11 is 0. The maximum absolute atomic E-state index is 11.8. The molecular formula is C13H20N4O2. The van der Waals surface area contributed by atoms with E-state index >= 15 is 0 Å². The molecule has 1 aromatic rings. The van der Waals surface area contributed by atoms with Crippen molar-refractivity contribution >= 4 is 11.7 Å². The number of carbonyl (C=O) groups excluding carboxylic acids is 1. The minimum absolute atomic E-state index is 0.184. The predicted molar refractivity (Wildman–Crippen MR) is 72.3 cm³/mol. The number of hydrogen-bond donors (Lipinski definition) is 1. The number of ether oxygens (including phenoxy) is 1. The van der Waals surface area contributed by atoms with E-state index in [1.54, 1.807) is 13.2 Å². The molecule has 0 atom stereocenters. The Kier molecular flexibility index (Phi) is 5.09. The second-order valence-electron chi connectivity index (χ2n) is 4.57. The van der Waals surface area contributed by atoms with Crippen LogP contribution in [0.3, 0.4) is 0 Å². The molecule has 1 N–H and O–H groups in total. The number of carbonyl (C=O) groups is 1. The minimum atomic E-state index is -0.184. The zero-order chi connectivity index (χ0) is 13.5. The molecule has 0 spiro atoms. The Balaban J connectivity index is 1.85. The Morgan fingerprint density at radius 1 is 1.37 bits per heavy atom. The zero-order valence-electron chi connectivity index (χ0n) is 11.3. The third kappa shape index (κ3) is 3.89. The number of rotatable bonds is 6. The van der Waals surface area contributed by atoms with Crippen molar-refractivity contribution < 1.29 is 9.53 Å². The number of aromatic nitrogens is 2. The summed E-state index contributed by atoms with van der Waals surface area (Å²) < 4.78 is 4.92. The van der Waals surface area contributed by atoms with Gasteiger partial charge in [-0.25, -0.2) is 0 Å². The van der Waals surface area contributed by atoms with Gasteiger partial charge in [-0.3, -0.25) is 4.79 Å². The molecule has 0 saturated carbocycles. The molecule has 1 fully saturated rings. The lowest BCUT2D eigenvalue weighted by Crippen LogP contribution is -2.27. The largest absolute Gasteiger partial charge is 0.385 e. The Labute approximate surface area is 113 Å². The summed E-state index contributed by atoms with van der Waals surface area (Å²) in [5.74, 6) is 0.671. The first-order valence-corrected chi connectivity index (χ1v) is 6.67. The van der Waals surface area contributed by atoms with Crippen LogP contribution >= 0.6 is 0 Å². The summed E-state index contributed by atoms with van der Waals surface area (Å²) in [7, 11) is 1.64. The van der Waals surface area contributed by atoms with Gasteiger partial charge in [0.25, 0.3) is 5.91 Å². The molecular weight excluding hydrogens is 244 g/mol. The molecule has 0 radical (unpaired) electrons. The normalized spacial score (nSPS) is 14.7. The number of hydrogen-bond acceptors (Lipinski definition) is 5. The van der Waals surface area contributed by atoms with Crippen molar-refractivity contribution in [1.29, 1.82) is 0 Å². The van der Waals surface area contributed by atoms with Gasteiger partial charge >= 0.3 is 0 Å². The molecule has 0 aromatic carbocycles. The van der Waals surface area contributed by atoms with Crippen molar-refractivity contribution in [3.63, 3.8) is 0 Å². The first-order chi connectivity index (χ1) is 9.31. The van der Waals surface area contributed by atoms with Crippen LogP contribution in [0.15, 0.2) is 12.1 Å². The molecule has 1 aliphatic rings. The molecule has 0 unspecified atom stereocenters. The molecule has 19 heavy (non-hydrogen) atoms. The van der Waals surface area contributed by atoms with Gasteiger partial charge in [-0.05, 0) is 31.4 Å². The number of nitrogens with one attached hydrogen (secondary N) is 1. The SMILES string of the molecule is COCCCNC(=O)c1ccc(N2CCCC2)nn1. The Morgan fingerprint density at radius 2 is 2.16 bits per heavy atom. The maximum Gasteiger partial charge on any atom is 0.271 e. The van der Waals surface area contributed by atoms with Crippen LogP contribution < -0.4 is 10.2 Å². The van der Waals surface area contributed by atoms with Gasteiger partial charge in [0.05, 0.1) is 0 Å². The van der Waals surface area contributed by atoms with Crippen molar-refractivity contribution in [2.24, 2.45) is 0 Å². The molecule has 104 valence electrons. The van der Waals surface area contributed by atoms with Crippen molar-refractivity contribution in [2.75, 3.05) is 38.3 Å². The van der Waals surface area contributed by atoms with E-state index in [1.165, 1.54) is 12.8 Å². The lowest BCUT2D eigenvalue weighted by molar-refractivity contribution is 0.0942. The van der Waals surface area contributed by atoms with Crippen molar-refractivity contribution in [2.45, 2.75) is 19.3 Å². The van der Waals surface area contributed by atoms with Crippen LogP contribution in [0.25, 0.3) is 0 Å². The second kappa shape index (κ2) is 7.04. The van der Waals surface area contributed by atoms with Crippen molar-refractivity contribution in [3.8, 4) is 0 Å². The highest BCUT2D eigenvalue weighted by Crippen LogP contribution is 2.16. The minimum Gasteiger partial charge on any atom is -0.385 e. The zero-order valence-corrected chi connectivity index (χ0v) is 11.3. The van der Waals surface area contributed by atoms with E-state index in [9.17, 15) is 4.79 Å². The van der Waals surface area contributed by atoms with Crippen LogP contribution in [-0.2, 0) is 4.74 Å². The highest BCUT2D eigenvalue weighted by atomic mass is 16.5. The predicted octanol–water partition coefficient (Wildman–Crippen LogP) is 0.843. The lowest BCUT2D eigenvalue weighted by atomic mass is 10.3. The van der Waals surface area contributed by atoms with E-state index in [1.807, 2.05) is 6.07 Å². The third-order valence-electron chi connectivity index (χ3n) is 3.12. The van der Waals surface area contributed by atoms with Gasteiger partial charge in [0, 0.05) is 33.4 Å². The smallest absolute Gasteiger partial charge is 0.271 e. The number of methoxy groups -OCH3 is 1. The molecule has 1 aliphatic heterocycles. The van der Waals surface area contributed by atoms with Gasteiger partial charge in [-0.1, -0.05) is 0 Å². The average Bonchev–Trinajstić information content (AvgIpc) is 2.98. The summed E-state index contributed by atoms with van der Waals surface area (Å²) in [6.45, 7) is 3.27. The van der Waals surface area contributed by atoms with Gasteiger partial charge in [0.2, 0.25) is 0 Å². The molecule has 0 aliphatic carbocycles. The molecule has 2 heterocycles. The third-order valence-corrected chi connectivity index (χ3v) is 3.12. The van der Waals surface area contributed by atoms with E-state index in [2.05, 4.69) is 20.4 Å². The number of nitrogens with zero attached hydrogens (tertiary/aromatic N) is 3. The molecule has 6 nitrogen and oxygen atoms in total. The van der Waals surface area contributed by atoms with Crippen molar-refractivity contribution in [3.05, 3.63) is 17.8 Å². The van der Waals surface area contributed by atoms with Crippen LogP contribution in [0.1, 0.15) is 29.8 Å². The van der Waals surface area contributed by atoms with Crippen molar-refractivity contribution in [1.82, 2.24) is 15.5 Å². The first-order valence-electron chi connectivity index (χ1n) is 6.67. The quantitative estimate of drug-likeness (QED) is 0.771. The summed E-state index contributed by atoms with van der Waals surface area (Å²) in [6.07, 6.45) is 3.19. The number of amides is 1. The summed E-state index contributed by atoms with van der Waals surface area (Å²) in [6, 6.07) is 3.59. The Morgan fingerprint density at radius 3 is 2.79 bits per heavy atom. The second-order valence-corrected chi connectivity index (χ2v) is 4.57. The fraction of sp³-hybridized carbons (Fsp3) is 0.615. The molecule has 1 saturated heterocycles. The van der Waals surface area contributed by atoms with E-state index in [0.717, 1.165) is 25.3 Å². The summed E-state index contributed by atoms with van der Waals surface area (Å²) in [4.78, 5) is 14.0. The van der Waals surface area contributed by atoms with Gasteiger partial charge in [0.15, 0.2) is 11.5 Å². The lowest BCUT2D eigenvalue weighted by Gasteiger charge is -2.15. The fourth-order valence-electron chi connectivity index (χ4n) is 2.07. The van der Waals surface area contributed by atoms with Gasteiger partial charge in [-0.15, -0.1) is 10.2 Å². The summed E-state index contributed by atoms with van der Waals surface area (Å²) in [5.41, 5.74) is 0.361. The summed E-state index contributed by atoms with van der Waals surface area (Å²) in [5, 5.41) is 10.9. The topological polar surface area (TPSA) is 67.3 Å². The van der Waals surface area contributed by atoms with Crippen LogP contribution in [0, 0.1) is 0 Å². The average molecular weight is 264 g/mol. The molecule has 6 heteroatoms. The molecule has 1 amide bonds. The number of anilines is 1. The Hall–Kier alpha value is -1.69. The van der Waals surface area contributed by atoms with E-state index in [4.69, 9.17) is 4.74 Å². The first kappa shape index (κ1) is 13.7. The van der Waals surface area contributed by atoms with E-state index in [-0.39, 0.29) is 5.91 Å². The Bertz CT molecular complexity index is 402. The van der Waals surface area contributed by atoms with Crippen LogP contribution in [-0.4, -0.2) is 49.5 Å². The van der Waals surface area contributed by atoms with Crippen LogP contribution in [0.5, 0.6) is 0 Å². The maximum atomic E-state index is 11.8. The molecule has 1 aromatic heterocycles. The standard InChI is InChI=1S/C13H20N4O2/c1-19-10-4-7-14-13(18)11-5-6-12(16-15-11)17-8-2-3-9-17/h5-6H,2-4,7-10H2,1H3,(H,14,18). The highest BCUT2D eigenvalue weighted by molar-refractivity contribution is 5.92. The monoisotopic (exact) mass is 264 g/mol. The highest BCUT2D eigenvalue weighted by Gasteiger charge is 2.15. The van der Waals surface area contributed by atoms with Crippen LogP contribution in [0.2, 0.25) is 0 Å². The van der Waals surface area contributed by atoms with E-state index in [0.29, 0.717) is 18.8 Å². The van der Waals surface area contributed by atoms with Gasteiger partial charge in [-0.2, -0.15) is 0 Å². The van der Waals surface area contributed by atoms with Crippen LogP contribution in [0.4, 0.5) is 5.82 Å². The fourth-order valence-corrected chi connectivity index (χ4v) is 2.07. The van der Waals surface area contributed by atoms with E-state index < -0.39 is 0 Å². The molecule has 0 bridgehead atoms. The van der Waals surface area contributed by atoms with Gasteiger partial charge < -0.3 is 15.0 Å².